The van der Waals surface area contributed by atoms with Gasteiger partial charge in [-0.3, -0.25) is 14.7 Å². The van der Waals surface area contributed by atoms with Gasteiger partial charge in [0, 0.05) is 38.0 Å². The zero-order valence-corrected chi connectivity index (χ0v) is 16.9. The number of aryl methyl sites for hydroxylation is 1. The number of nitrogens with one attached hydrogen (secondary N) is 1. The molecule has 3 heterocycles. The molecular weight excluding hydrogens is 374 g/mol. The number of hydrogen-bond donors (Lipinski definition) is 1. The number of carbonyl (C=O) groups excluding carboxylic acids is 2. The topological polar surface area (TPSA) is 82.2 Å². The van der Waals surface area contributed by atoms with E-state index in [2.05, 4.69) is 27.3 Å². The summed E-state index contributed by atoms with van der Waals surface area (Å²) in [7, 11) is 0. The van der Waals surface area contributed by atoms with E-state index in [1.165, 1.54) is 17.3 Å². The van der Waals surface area contributed by atoms with E-state index in [1.807, 2.05) is 34.9 Å². The molecule has 1 spiro atoms. The maximum absolute atomic E-state index is 12.6. The molecule has 2 aliphatic rings. The molecule has 2 saturated heterocycles. The van der Waals surface area contributed by atoms with E-state index in [1.54, 1.807) is 0 Å². The van der Waals surface area contributed by atoms with Crippen molar-refractivity contribution in [3.05, 3.63) is 41.7 Å². The van der Waals surface area contributed by atoms with Crippen LogP contribution in [0.1, 0.15) is 30.7 Å². The predicted molar refractivity (Wildman–Crippen MR) is 107 cm³/mol. The van der Waals surface area contributed by atoms with Crippen LogP contribution in [-0.4, -0.2) is 62.2 Å². The quantitative estimate of drug-likeness (QED) is 0.780. The van der Waals surface area contributed by atoms with Gasteiger partial charge in [-0.1, -0.05) is 42.1 Å². The van der Waals surface area contributed by atoms with Crippen LogP contribution in [0.15, 0.2) is 35.5 Å². The second-order valence-corrected chi connectivity index (χ2v) is 8.73. The first-order valence-corrected chi connectivity index (χ1v) is 10.6. The zero-order valence-electron chi connectivity index (χ0n) is 16.1. The third-order valence-corrected chi connectivity index (χ3v) is 6.53. The summed E-state index contributed by atoms with van der Waals surface area (Å²) in [5.74, 6) is 1.45. The summed E-state index contributed by atoms with van der Waals surface area (Å²) in [6.07, 6.45) is 2.38. The van der Waals surface area contributed by atoms with Gasteiger partial charge in [-0.05, 0) is 25.3 Å². The van der Waals surface area contributed by atoms with Crippen LogP contribution in [0.3, 0.4) is 0 Å². The van der Waals surface area contributed by atoms with Crippen molar-refractivity contribution < 1.29 is 9.59 Å². The van der Waals surface area contributed by atoms with Gasteiger partial charge in [0.2, 0.25) is 17.0 Å². The zero-order chi connectivity index (χ0) is 19.6. The molecule has 2 aliphatic heterocycles. The Labute approximate surface area is 168 Å². The van der Waals surface area contributed by atoms with Gasteiger partial charge in [-0.15, -0.1) is 5.10 Å². The standard InChI is InChI=1S/C20H25N5O2S/c1-15-21-19(23-22-15)28-13-18(27)24-9-7-20(8-10-24)11-17(26)25(14-20)12-16-5-3-2-4-6-16/h2-6H,7-14H2,1H3,(H,21,22,23). The van der Waals surface area contributed by atoms with Gasteiger partial charge in [0.25, 0.3) is 0 Å². The van der Waals surface area contributed by atoms with Crippen LogP contribution in [0.4, 0.5) is 0 Å². The minimum atomic E-state index is 0.0245. The third kappa shape index (κ3) is 4.22. The molecule has 0 radical (unpaired) electrons. The van der Waals surface area contributed by atoms with Crippen LogP contribution < -0.4 is 0 Å². The maximum atomic E-state index is 12.6. The average Bonchev–Trinajstić information content (AvgIpc) is 3.24. The van der Waals surface area contributed by atoms with Crippen LogP contribution >= 0.6 is 11.8 Å². The minimum absolute atomic E-state index is 0.0245. The number of thioether (sulfide) groups is 1. The highest BCUT2D eigenvalue weighted by Crippen LogP contribution is 2.41. The number of carbonyl (C=O) groups is 2. The molecule has 0 atom stereocenters. The second kappa shape index (κ2) is 7.95. The molecule has 0 unspecified atom stereocenters. The number of hydrogen-bond acceptors (Lipinski definition) is 5. The first-order valence-electron chi connectivity index (χ1n) is 9.64. The molecule has 1 aromatic heterocycles. The van der Waals surface area contributed by atoms with Crippen molar-refractivity contribution in [2.45, 2.75) is 37.9 Å². The molecule has 2 aromatic rings. The molecule has 148 valence electrons. The van der Waals surface area contributed by atoms with E-state index in [0.29, 0.717) is 23.9 Å². The van der Waals surface area contributed by atoms with Crippen LogP contribution in [0.5, 0.6) is 0 Å². The van der Waals surface area contributed by atoms with Gasteiger partial charge in [-0.25, -0.2) is 4.98 Å². The summed E-state index contributed by atoms with van der Waals surface area (Å²) in [4.78, 5) is 33.2. The van der Waals surface area contributed by atoms with Gasteiger partial charge in [0.15, 0.2) is 0 Å². The number of aromatic amines is 1. The monoisotopic (exact) mass is 399 g/mol. The molecule has 1 N–H and O–H groups in total. The molecule has 0 saturated carbocycles. The average molecular weight is 400 g/mol. The van der Waals surface area contributed by atoms with E-state index >= 15 is 0 Å². The lowest BCUT2D eigenvalue weighted by Gasteiger charge is -2.38. The van der Waals surface area contributed by atoms with Crippen LogP contribution in [0.25, 0.3) is 0 Å². The lowest BCUT2D eigenvalue weighted by atomic mass is 9.77. The number of benzene rings is 1. The Morgan fingerprint density at radius 3 is 2.68 bits per heavy atom. The van der Waals surface area contributed by atoms with Crippen molar-refractivity contribution >= 4 is 23.6 Å². The number of amides is 2. The fraction of sp³-hybridized carbons (Fsp3) is 0.500. The van der Waals surface area contributed by atoms with E-state index < -0.39 is 0 Å². The fourth-order valence-electron chi connectivity index (χ4n) is 4.10. The first kappa shape index (κ1) is 19.0. The third-order valence-electron chi connectivity index (χ3n) is 5.70. The molecule has 0 bridgehead atoms. The summed E-state index contributed by atoms with van der Waals surface area (Å²) < 4.78 is 0. The molecule has 7 nitrogen and oxygen atoms in total. The van der Waals surface area contributed by atoms with Crippen LogP contribution in [0, 0.1) is 12.3 Å². The van der Waals surface area contributed by atoms with E-state index in [4.69, 9.17) is 0 Å². The largest absolute Gasteiger partial charge is 0.342 e. The Bertz CT molecular complexity index is 845. The Balaban J connectivity index is 1.28. The van der Waals surface area contributed by atoms with Crippen molar-refractivity contribution in [1.82, 2.24) is 25.0 Å². The molecule has 28 heavy (non-hydrogen) atoms. The lowest BCUT2D eigenvalue weighted by Crippen LogP contribution is -2.44. The van der Waals surface area contributed by atoms with Gasteiger partial charge < -0.3 is 9.80 Å². The number of H-pyrrole nitrogens is 1. The lowest BCUT2D eigenvalue weighted by molar-refractivity contribution is -0.130. The number of nitrogens with zero attached hydrogens (tertiary/aromatic N) is 4. The van der Waals surface area contributed by atoms with E-state index in [0.717, 1.165) is 38.3 Å². The molecule has 4 rings (SSSR count). The Kier molecular flexibility index (Phi) is 5.39. The highest BCUT2D eigenvalue weighted by Gasteiger charge is 2.45. The molecule has 0 aliphatic carbocycles. The molecule has 1 aromatic carbocycles. The van der Waals surface area contributed by atoms with E-state index in [9.17, 15) is 9.59 Å². The molecule has 2 amide bonds. The van der Waals surface area contributed by atoms with Gasteiger partial charge in [-0.2, -0.15) is 0 Å². The van der Waals surface area contributed by atoms with Crippen molar-refractivity contribution in [2.24, 2.45) is 5.41 Å². The van der Waals surface area contributed by atoms with Crippen molar-refractivity contribution in [3.8, 4) is 0 Å². The number of aromatic nitrogens is 3. The van der Waals surface area contributed by atoms with Crippen molar-refractivity contribution in [1.29, 1.82) is 0 Å². The fourth-order valence-corrected chi connectivity index (χ4v) is 4.85. The maximum Gasteiger partial charge on any atom is 0.233 e. The van der Waals surface area contributed by atoms with Gasteiger partial charge >= 0.3 is 0 Å². The normalized spacial score (nSPS) is 18.8. The molecule has 8 heteroatoms. The van der Waals surface area contributed by atoms with Gasteiger partial charge in [0.05, 0.1) is 5.75 Å². The Morgan fingerprint density at radius 2 is 2.00 bits per heavy atom. The SMILES string of the molecule is Cc1nc(SCC(=O)N2CCC3(CC2)CC(=O)N(Cc2ccccc2)C3)n[nH]1. The predicted octanol–water partition coefficient (Wildman–Crippen LogP) is 2.25. The molecular formula is C20H25N5O2S. The summed E-state index contributed by atoms with van der Waals surface area (Å²) in [6, 6.07) is 10.1. The Hall–Kier alpha value is -2.35. The first-order chi connectivity index (χ1) is 13.5. The van der Waals surface area contributed by atoms with Crippen molar-refractivity contribution in [2.75, 3.05) is 25.4 Å². The second-order valence-electron chi connectivity index (χ2n) is 7.79. The number of likely N-dealkylation sites (tertiary alicyclic amines) is 2. The highest BCUT2D eigenvalue weighted by atomic mass is 32.2. The van der Waals surface area contributed by atoms with E-state index in [-0.39, 0.29) is 17.2 Å². The minimum Gasteiger partial charge on any atom is -0.342 e. The number of rotatable bonds is 5. The smallest absolute Gasteiger partial charge is 0.233 e. The summed E-state index contributed by atoms with van der Waals surface area (Å²) in [6.45, 7) is 4.76. The summed E-state index contributed by atoms with van der Waals surface area (Å²) in [5.41, 5.74) is 1.19. The highest BCUT2D eigenvalue weighted by molar-refractivity contribution is 7.99. The van der Waals surface area contributed by atoms with Crippen LogP contribution in [0.2, 0.25) is 0 Å². The summed E-state index contributed by atoms with van der Waals surface area (Å²) in [5, 5.41) is 7.45. The van der Waals surface area contributed by atoms with Crippen LogP contribution in [-0.2, 0) is 16.1 Å². The van der Waals surface area contributed by atoms with Crippen molar-refractivity contribution in [3.63, 3.8) is 0 Å². The Morgan fingerprint density at radius 1 is 1.25 bits per heavy atom. The summed E-state index contributed by atoms with van der Waals surface area (Å²) >= 11 is 1.36. The van der Waals surface area contributed by atoms with Gasteiger partial charge in [0.1, 0.15) is 5.82 Å². The molecule has 2 fully saturated rings. The number of piperidine rings is 1.